The van der Waals surface area contributed by atoms with Crippen LogP contribution in [0.15, 0.2) is 108 Å². The summed E-state index contributed by atoms with van der Waals surface area (Å²) < 4.78 is 0. The summed E-state index contributed by atoms with van der Waals surface area (Å²) in [5.74, 6) is -1.01. The Labute approximate surface area is 249 Å². The molecule has 0 aliphatic carbocycles. The summed E-state index contributed by atoms with van der Waals surface area (Å²) in [5, 5.41) is 8.68. The average molecular weight is 584 g/mol. The molecule has 41 heavy (non-hydrogen) atoms. The quantitative estimate of drug-likeness (QED) is 0.141. The van der Waals surface area contributed by atoms with Gasteiger partial charge < -0.3 is 16.0 Å². The van der Waals surface area contributed by atoms with Crippen LogP contribution in [0.1, 0.15) is 34.0 Å². The van der Waals surface area contributed by atoms with Gasteiger partial charge in [0.05, 0.1) is 5.25 Å². The minimum absolute atomic E-state index is 0.0437. The summed E-state index contributed by atoms with van der Waals surface area (Å²) in [6.45, 7) is 5.79. The Morgan fingerprint density at radius 1 is 0.780 bits per heavy atom. The minimum atomic E-state index is -0.504. The second-order valence-electron chi connectivity index (χ2n) is 9.39. The first-order valence-corrected chi connectivity index (χ1v) is 14.2. The highest BCUT2D eigenvalue weighted by atomic mass is 35.5. The molecule has 8 heteroatoms. The van der Waals surface area contributed by atoms with Gasteiger partial charge in [0.1, 0.15) is 5.70 Å². The van der Waals surface area contributed by atoms with Crippen molar-refractivity contribution in [2.24, 2.45) is 0 Å². The normalized spacial score (nSPS) is 11.9. The first-order valence-electron chi connectivity index (χ1n) is 13.0. The van der Waals surface area contributed by atoms with Gasteiger partial charge in [-0.15, -0.1) is 11.8 Å². The van der Waals surface area contributed by atoms with Crippen molar-refractivity contribution in [1.82, 2.24) is 5.32 Å². The number of carbonyl (C=O) groups excluding carboxylic acids is 3. The van der Waals surface area contributed by atoms with Crippen LogP contribution in [-0.2, 0) is 9.59 Å². The predicted molar refractivity (Wildman–Crippen MR) is 168 cm³/mol. The number of benzene rings is 4. The van der Waals surface area contributed by atoms with Crippen molar-refractivity contribution < 1.29 is 14.4 Å². The van der Waals surface area contributed by atoms with Gasteiger partial charge in [0, 0.05) is 26.9 Å². The van der Waals surface area contributed by atoms with Crippen molar-refractivity contribution in [3.63, 3.8) is 0 Å². The Bertz CT molecular complexity index is 1570. The van der Waals surface area contributed by atoms with Crippen LogP contribution in [0.3, 0.4) is 0 Å². The standard InChI is InChI=1S/C33H30ClN3O3S/c1-21-10-9-11-22(2)30(21)37-31(38)23(3)41-27-18-16-26(17-19-27)35-33(40)29(20-25-14-7-8-15-28(25)34)36-32(39)24-12-5-4-6-13-24/h4-20,23H,1-3H3,(H,35,40)(H,36,39)(H,37,38)/b29-20-. The number of nitrogens with one attached hydrogen (secondary N) is 3. The van der Waals surface area contributed by atoms with E-state index in [-0.39, 0.29) is 16.9 Å². The number of hydrogen-bond donors (Lipinski definition) is 3. The van der Waals surface area contributed by atoms with Gasteiger partial charge in [0.15, 0.2) is 0 Å². The van der Waals surface area contributed by atoms with Crippen molar-refractivity contribution in [1.29, 1.82) is 0 Å². The SMILES string of the molecule is Cc1cccc(C)c1NC(=O)C(C)Sc1ccc(NC(=O)/C(=C/c2ccccc2Cl)NC(=O)c2ccccc2)cc1. The molecule has 4 rings (SSSR count). The van der Waals surface area contributed by atoms with Gasteiger partial charge in [-0.1, -0.05) is 66.2 Å². The van der Waals surface area contributed by atoms with Crippen LogP contribution in [0.2, 0.25) is 5.02 Å². The lowest BCUT2D eigenvalue weighted by Gasteiger charge is -2.16. The molecule has 0 saturated heterocycles. The third-order valence-electron chi connectivity index (χ3n) is 6.26. The molecular formula is C33H30ClN3O3S. The molecule has 208 valence electrons. The molecule has 0 radical (unpaired) electrons. The molecule has 4 aromatic rings. The molecule has 0 fully saturated rings. The van der Waals surface area contributed by atoms with Gasteiger partial charge in [0.2, 0.25) is 5.91 Å². The summed E-state index contributed by atoms with van der Waals surface area (Å²) >= 11 is 7.73. The highest BCUT2D eigenvalue weighted by molar-refractivity contribution is 8.00. The van der Waals surface area contributed by atoms with Gasteiger partial charge in [-0.05, 0) is 86.0 Å². The highest BCUT2D eigenvalue weighted by Gasteiger charge is 2.18. The first kappa shape index (κ1) is 29.6. The van der Waals surface area contributed by atoms with Crippen LogP contribution < -0.4 is 16.0 Å². The Hall–Kier alpha value is -4.33. The van der Waals surface area contributed by atoms with Crippen LogP contribution in [-0.4, -0.2) is 23.0 Å². The van der Waals surface area contributed by atoms with Crippen LogP contribution in [0, 0.1) is 13.8 Å². The maximum absolute atomic E-state index is 13.3. The summed E-state index contributed by atoms with van der Waals surface area (Å²) in [4.78, 5) is 39.8. The van der Waals surface area contributed by atoms with Gasteiger partial charge in [-0.2, -0.15) is 0 Å². The van der Waals surface area contributed by atoms with E-state index in [2.05, 4.69) is 16.0 Å². The zero-order chi connectivity index (χ0) is 29.4. The lowest BCUT2D eigenvalue weighted by molar-refractivity contribution is -0.115. The monoisotopic (exact) mass is 583 g/mol. The minimum Gasteiger partial charge on any atom is -0.325 e. The van der Waals surface area contributed by atoms with Crippen LogP contribution in [0.5, 0.6) is 0 Å². The van der Waals surface area contributed by atoms with Gasteiger partial charge in [0.25, 0.3) is 11.8 Å². The van der Waals surface area contributed by atoms with E-state index in [0.29, 0.717) is 21.8 Å². The van der Waals surface area contributed by atoms with E-state index in [1.807, 2.05) is 57.2 Å². The summed E-state index contributed by atoms with van der Waals surface area (Å²) in [6, 6.07) is 28.8. The smallest absolute Gasteiger partial charge is 0.272 e. The van der Waals surface area contributed by atoms with Crippen molar-refractivity contribution >= 4 is 58.5 Å². The van der Waals surface area contributed by atoms with E-state index < -0.39 is 11.8 Å². The van der Waals surface area contributed by atoms with E-state index in [1.165, 1.54) is 11.8 Å². The Morgan fingerprint density at radius 3 is 2.07 bits per heavy atom. The molecule has 1 unspecified atom stereocenters. The van der Waals surface area contributed by atoms with Crippen molar-refractivity contribution in [3.8, 4) is 0 Å². The van der Waals surface area contributed by atoms with E-state index in [1.54, 1.807) is 66.7 Å². The van der Waals surface area contributed by atoms with Gasteiger partial charge in [-0.25, -0.2) is 0 Å². The van der Waals surface area contributed by atoms with Crippen molar-refractivity contribution in [2.75, 3.05) is 10.6 Å². The number of anilines is 2. The number of carbonyl (C=O) groups is 3. The average Bonchev–Trinajstić information content (AvgIpc) is 2.97. The number of rotatable bonds is 9. The Kier molecular flexibility index (Phi) is 10.0. The molecule has 6 nitrogen and oxygen atoms in total. The van der Waals surface area contributed by atoms with Crippen LogP contribution >= 0.6 is 23.4 Å². The third kappa shape index (κ3) is 8.10. The maximum atomic E-state index is 13.3. The molecular weight excluding hydrogens is 554 g/mol. The molecule has 3 N–H and O–H groups in total. The van der Waals surface area contributed by atoms with E-state index in [0.717, 1.165) is 21.7 Å². The molecule has 0 spiro atoms. The number of halogens is 1. The second kappa shape index (κ2) is 13.8. The molecule has 3 amide bonds. The molecule has 0 aliphatic rings. The van der Waals surface area contributed by atoms with Crippen molar-refractivity contribution in [3.05, 3.63) is 130 Å². The van der Waals surface area contributed by atoms with E-state index in [4.69, 9.17) is 11.6 Å². The van der Waals surface area contributed by atoms with E-state index >= 15 is 0 Å². The molecule has 0 saturated carbocycles. The third-order valence-corrected chi connectivity index (χ3v) is 7.71. The fourth-order valence-electron chi connectivity index (χ4n) is 4.00. The zero-order valence-electron chi connectivity index (χ0n) is 22.9. The number of para-hydroxylation sites is 1. The molecule has 1 atom stereocenters. The molecule has 0 aromatic heterocycles. The van der Waals surface area contributed by atoms with Crippen molar-refractivity contribution in [2.45, 2.75) is 30.9 Å². The summed E-state index contributed by atoms with van der Waals surface area (Å²) in [6.07, 6.45) is 1.54. The summed E-state index contributed by atoms with van der Waals surface area (Å²) in [7, 11) is 0. The number of hydrogen-bond acceptors (Lipinski definition) is 4. The fraction of sp³-hybridized carbons (Fsp3) is 0.121. The molecule has 0 bridgehead atoms. The highest BCUT2D eigenvalue weighted by Crippen LogP contribution is 2.27. The van der Waals surface area contributed by atoms with Gasteiger partial charge >= 0.3 is 0 Å². The summed E-state index contributed by atoms with van der Waals surface area (Å²) in [5.41, 5.74) is 4.45. The molecule has 0 aliphatic heterocycles. The largest absolute Gasteiger partial charge is 0.325 e. The lowest BCUT2D eigenvalue weighted by atomic mass is 10.1. The lowest BCUT2D eigenvalue weighted by Crippen LogP contribution is -2.30. The second-order valence-corrected chi connectivity index (χ2v) is 11.2. The number of thioether (sulfide) groups is 1. The van der Waals surface area contributed by atoms with E-state index in [9.17, 15) is 14.4 Å². The number of amides is 3. The first-order chi connectivity index (χ1) is 19.7. The topological polar surface area (TPSA) is 87.3 Å². The molecule has 4 aromatic carbocycles. The van der Waals surface area contributed by atoms with Crippen LogP contribution in [0.25, 0.3) is 6.08 Å². The predicted octanol–water partition coefficient (Wildman–Crippen LogP) is 7.49. The maximum Gasteiger partial charge on any atom is 0.272 e. The van der Waals surface area contributed by atoms with Crippen LogP contribution in [0.4, 0.5) is 11.4 Å². The zero-order valence-corrected chi connectivity index (χ0v) is 24.5. The fourth-order valence-corrected chi connectivity index (χ4v) is 5.06. The number of aryl methyl sites for hydroxylation is 2. The Morgan fingerprint density at radius 2 is 1.41 bits per heavy atom. The Balaban J connectivity index is 1.44. The molecule has 0 heterocycles. The van der Waals surface area contributed by atoms with Gasteiger partial charge in [-0.3, -0.25) is 14.4 Å².